The van der Waals surface area contributed by atoms with Crippen LogP contribution in [0, 0.1) is 0 Å². The predicted molar refractivity (Wildman–Crippen MR) is 84.9 cm³/mol. The first kappa shape index (κ1) is 13.8. The van der Waals surface area contributed by atoms with Gasteiger partial charge in [-0.25, -0.2) is 4.98 Å². The Hall–Kier alpha value is -1.80. The summed E-state index contributed by atoms with van der Waals surface area (Å²) in [5.74, 6) is 1.80. The van der Waals surface area contributed by atoms with Gasteiger partial charge in [0.05, 0.1) is 0 Å². The summed E-state index contributed by atoms with van der Waals surface area (Å²) in [5.41, 5.74) is 1.05. The van der Waals surface area contributed by atoms with E-state index in [9.17, 15) is 0 Å². The number of hydrogen-bond donors (Lipinski definition) is 0. The highest BCUT2D eigenvalue weighted by Crippen LogP contribution is 2.42. The summed E-state index contributed by atoms with van der Waals surface area (Å²) >= 11 is 2.98. The lowest BCUT2D eigenvalue weighted by Crippen LogP contribution is -1.99. The molecule has 22 heavy (non-hydrogen) atoms. The van der Waals surface area contributed by atoms with E-state index < -0.39 is 0 Å². The summed E-state index contributed by atoms with van der Waals surface area (Å²) < 4.78 is 7.48. The van der Waals surface area contributed by atoms with Gasteiger partial charge >= 0.3 is 0 Å². The average Bonchev–Trinajstić information content (AvgIpc) is 3.15. The molecule has 6 nitrogen and oxygen atoms in total. The number of nitrogens with zero attached hydrogens (tertiary/aromatic N) is 6. The fourth-order valence-electron chi connectivity index (χ4n) is 2.21. The average molecular weight is 330 g/mol. The molecule has 0 spiro atoms. The Kier molecular flexibility index (Phi) is 3.63. The molecule has 1 aliphatic rings. The minimum absolute atomic E-state index is 0.499. The molecule has 0 radical (unpaired) electrons. The smallest absolute Gasteiger partial charge is 0.198 e. The third-order valence-corrected chi connectivity index (χ3v) is 5.21. The molecule has 0 amide bonds. The van der Waals surface area contributed by atoms with E-state index in [0.29, 0.717) is 6.04 Å². The van der Waals surface area contributed by atoms with Crippen LogP contribution < -0.4 is 0 Å². The van der Waals surface area contributed by atoms with E-state index in [0.717, 1.165) is 33.1 Å². The minimum Gasteiger partial charge on any atom is -0.299 e. The SMILES string of the molecule is CCc1nsc(Sc2nnc(-c3ccncc3)n2C2CC2)n1. The maximum atomic E-state index is 4.51. The Morgan fingerprint density at radius 2 is 2.09 bits per heavy atom. The van der Waals surface area contributed by atoms with Crippen molar-refractivity contribution in [2.75, 3.05) is 0 Å². The van der Waals surface area contributed by atoms with E-state index in [2.05, 4.69) is 36.0 Å². The van der Waals surface area contributed by atoms with Crippen molar-refractivity contribution in [3.8, 4) is 11.4 Å². The summed E-state index contributed by atoms with van der Waals surface area (Å²) in [6.07, 6.45) is 6.79. The van der Waals surface area contributed by atoms with Crippen LogP contribution in [0.3, 0.4) is 0 Å². The van der Waals surface area contributed by atoms with Gasteiger partial charge in [-0.3, -0.25) is 9.55 Å². The van der Waals surface area contributed by atoms with Gasteiger partial charge in [0.25, 0.3) is 0 Å². The zero-order chi connectivity index (χ0) is 14.9. The van der Waals surface area contributed by atoms with E-state index in [4.69, 9.17) is 0 Å². The zero-order valence-corrected chi connectivity index (χ0v) is 13.6. The second-order valence-electron chi connectivity index (χ2n) is 5.08. The van der Waals surface area contributed by atoms with Gasteiger partial charge in [0.15, 0.2) is 15.3 Å². The van der Waals surface area contributed by atoms with Crippen LogP contribution in [0.4, 0.5) is 0 Å². The Morgan fingerprint density at radius 3 is 2.77 bits per heavy atom. The molecule has 0 unspecified atom stereocenters. The Labute approximate surface area is 136 Å². The van der Waals surface area contributed by atoms with Crippen LogP contribution in [-0.4, -0.2) is 29.1 Å². The molecule has 0 aliphatic heterocycles. The number of pyridine rings is 1. The molecule has 0 bridgehead atoms. The van der Waals surface area contributed by atoms with Crippen LogP contribution in [0.2, 0.25) is 0 Å². The number of hydrogen-bond acceptors (Lipinski definition) is 7. The van der Waals surface area contributed by atoms with Gasteiger partial charge in [-0.05, 0) is 48.3 Å². The van der Waals surface area contributed by atoms with Gasteiger partial charge in [0.2, 0.25) is 0 Å². The fourth-order valence-corrected chi connectivity index (χ4v) is 3.91. The predicted octanol–water partition coefficient (Wildman–Crippen LogP) is 3.24. The van der Waals surface area contributed by atoms with Gasteiger partial charge in [-0.15, -0.1) is 10.2 Å². The summed E-state index contributed by atoms with van der Waals surface area (Å²) in [7, 11) is 0. The first-order valence-electron chi connectivity index (χ1n) is 7.21. The van der Waals surface area contributed by atoms with Crippen molar-refractivity contribution < 1.29 is 0 Å². The third kappa shape index (κ3) is 2.64. The molecule has 0 aromatic carbocycles. The highest BCUT2D eigenvalue weighted by atomic mass is 32.2. The van der Waals surface area contributed by atoms with Crippen LogP contribution in [0.5, 0.6) is 0 Å². The molecule has 8 heteroatoms. The summed E-state index contributed by atoms with van der Waals surface area (Å²) in [6.45, 7) is 2.06. The van der Waals surface area contributed by atoms with E-state index in [-0.39, 0.29) is 0 Å². The molecule has 3 aromatic rings. The Morgan fingerprint density at radius 1 is 1.27 bits per heavy atom. The second kappa shape index (κ2) is 5.77. The van der Waals surface area contributed by atoms with Gasteiger partial charge in [0, 0.05) is 30.4 Å². The van der Waals surface area contributed by atoms with Crippen LogP contribution in [-0.2, 0) is 6.42 Å². The van der Waals surface area contributed by atoms with Gasteiger partial charge in [-0.1, -0.05) is 6.92 Å². The van der Waals surface area contributed by atoms with Crippen molar-refractivity contribution in [2.24, 2.45) is 0 Å². The highest BCUT2D eigenvalue weighted by Gasteiger charge is 2.30. The van der Waals surface area contributed by atoms with Crippen molar-refractivity contribution >= 4 is 23.3 Å². The van der Waals surface area contributed by atoms with Crippen molar-refractivity contribution in [3.63, 3.8) is 0 Å². The van der Waals surface area contributed by atoms with Crippen molar-refractivity contribution in [2.45, 2.75) is 41.7 Å². The molecular weight excluding hydrogens is 316 g/mol. The summed E-state index contributed by atoms with van der Waals surface area (Å²) in [5, 5.41) is 9.67. The number of rotatable bonds is 5. The molecule has 3 heterocycles. The Bertz CT molecular complexity index is 778. The molecule has 1 fully saturated rings. The standard InChI is InChI=1S/C14H14N6S2/c1-2-11-16-14(22-19-11)21-13-18-17-12(20(13)10-3-4-10)9-5-7-15-8-6-9/h5-8,10H,2-4H2,1H3. The van der Waals surface area contributed by atoms with Gasteiger partial charge in [-0.2, -0.15) is 4.37 Å². The number of aromatic nitrogens is 6. The quantitative estimate of drug-likeness (QED) is 0.715. The summed E-state index contributed by atoms with van der Waals surface area (Å²) in [6, 6.07) is 4.44. The first-order chi connectivity index (χ1) is 10.8. The van der Waals surface area contributed by atoms with Crippen LogP contribution >= 0.6 is 23.3 Å². The molecule has 4 rings (SSSR count). The second-order valence-corrected chi connectivity index (χ2v) is 7.04. The van der Waals surface area contributed by atoms with Gasteiger partial charge < -0.3 is 0 Å². The molecule has 0 N–H and O–H groups in total. The van der Waals surface area contributed by atoms with E-state index >= 15 is 0 Å². The largest absolute Gasteiger partial charge is 0.299 e. The van der Waals surface area contributed by atoms with Crippen LogP contribution in [0.15, 0.2) is 34.0 Å². The van der Waals surface area contributed by atoms with Crippen molar-refractivity contribution in [3.05, 3.63) is 30.4 Å². The van der Waals surface area contributed by atoms with E-state index in [1.165, 1.54) is 24.4 Å². The third-order valence-electron chi connectivity index (χ3n) is 3.46. The minimum atomic E-state index is 0.499. The topological polar surface area (TPSA) is 69.4 Å². The maximum absolute atomic E-state index is 4.51. The number of aryl methyl sites for hydroxylation is 1. The molecule has 0 atom stereocenters. The lowest BCUT2D eigenvalue weighted by atomic mass is 10.2. The van der Waals surface area contributed by atoms with E-state index in [1.54, 1.807) is 24.2 Å². The summed E-state index contributed by atoms with van der Waals surface area (Å²) in [4.78, 5) is 8.57. The monoisotopic (exact) mass is 330 g/mol. The van der Waals surface area contributed by atoms with Crippen LogP contribution in [0.1, 0.15) is 31.6 Å². The zero-order valence-electron chi connectivity index (χ0n) is 12.0. The first-order valence-corrected chi connectivity index (χ1v) is 8.80. The van der Waals surface area contributed by atoms with Crippen molar-refractivity contribution in [1.82, 2.24) is 29.1 Å². The molecule has 3 aromatic heterocycles. The van der Waals surface area contributed by atoms with Gasteiger partial charge in [0.1, 0.15) is 5.82 Å². The normalized spacial score (nSPS) is 14.4. The Balaban J connectivity index is 1.69. The van der Waals surface area contributed by atoms with Crippen molar-refractivity contribution in [1.29, 1.82) is 0 Å². The highest BCUT2D eigenvalue weighted by molar-refractivity contribution is 8.00. The molecular formula is C14H14N6S2. The molecule has 1 aliphatic carbocycles. The molecule has 112 valence electrons. The molecule has 1 saturated carbocycles. The lowest BCUT2D eigenvalue weighted by Gasteiger charge is -2.07. The lowest BCUT2D eigenvalue weighted by molar-refractivity contribution is 0.669. The maximum Gasteiger partial charge on any atom is 0.198 e. The fraction of sp³-hybridized carbons (Fsp3) is 0.357. The van der Waals surface area contributed by atoms with Crippen LogP contribution in [0.25, 0.3) is 11.4 Å². The van der Waals surface area contributed by atoms with E-state index in [1.807, 2.05) is 12.1 Å². The molecule has 0 saturated heterocycles.